The molecule has 126 valence electrons. The maximum absolute atomic E-state index is 11.7. The Morgan fingerprint density at radius 2 is 2.22 bits per heavy atom. The second-order valence-electron chi connectivity index (χ2n) is 5.51. The zero-order valence-electron chi connectivity index (χ0n) is 13.8. The van der Waals surface area contributed by atoms with Crippen LogP contribution in [0.25, 0.3) is 0 Å². The molecule has 2 rings (SSSR count). The van der Waals surface area contributed by atoms with Crippen molar-refractivity contribution < 1.29 is 14.4 Å². The van der Waals surface area contributed by atoms with E-state index in [2.05, 4.69) is 22.3 Å². The summed E-state index contributed by atoms with van der Waals surface area (Å²) in [7, 11) is 1.62. The van der Waals surface area contributed by atoms with Gasteiger partial charge in [0.2, 0.25) is 0 Å². The van der Waals surface area contributed by atoms with Crippen LogP contribution in [0.4, 0.5) is 0 Å². The van der Waals surface area contributed by atoms with E-state index in [1.165, 1.54) is 6.42 Å². The normalized spacial score (nSPS) is 18.3. The largest absolute Gasteiger partial charge is 0.497 e. The fraction of sp³-hybridized carbons (Fsp3) is 0.529. The fourth-order valence-electron chi connectivity index (χ4n) is 2.71. The third-order valence-electron chi connectivity index (χ3n) is 4.03. The lowest BCUT2D eigenvalue weighted by Crippen LogP contribution is -2.41. The molecule has 0 spiro atoms. The maximum atomic E-state index is 11.7. The SMILES string of the molecule is CCN1CCC[C@H]1CNC(=O)CO/N=C/c1ccc(OC)cc1. The Hall–Kier alpha value is -2.08. The van der Waals surface area contributed by atoms with Crippen LogP contribution in [-0.2, 0) is 9.63 Å². The first-order valence-corrected chi connectivity index (χ1v) is 8.03. The molecule has 1 amide bonds. The average Bonchev–Trinajstić information content (AvgIpc) is 3.05. The molecule has 1 N–H and O–H groups in total. The first-order chi connectivity index (χ1) is 11.2. The number of carbonyl (C=O) groups is 1. The number of hydrogen-bond donors (Lipinski definition) is 1. The van der Waals surface area contributed by atoms with E-state index in [1.54, 1.807) is 13.3 Å². The van der Waals surface area contributed by atoms with E-state index in [-0.39, 0.29) is 12.5 Å². The number of amides is 1. The van der Waals surface area contributed by atoms with Crippen molar-refractivity contribution in [2.24, 2.45) is 5.16 Å². The predicted molar refractivity (Wildman–Crippen MR) is 89.8 cm³/mol. The summed E-state index contributed by atoms with van der Waals surface area (Å²) in [4.78, 5) is 19.2. The molecule has 0 radical (unpaired) electrons. The molecule has 1 aromatic carbocycles. The summed E-state index contributed by atoms with van der Waals surface area (Å²) in [6.45, 7) is 4.92. The van der Waals surface area contributed by atoms with Crippen molar-refractivity contribution in [1.29, 1.82) is 0 Å². The number of benzene rings is 1. The van der Waals surface area contributed by atoms with Crippen LogP contribution in [0, 0.1) is 0 Å². The minimum Gasteiger partial charge on any atom is -0.497 e. The van der Waals surface area contributed by atoms with Crippen LogP contribution in [0.1, 0.15) is 25.3 Å². The first-order valence-electron chi connectivity index (χ1n) is 8.03. The summed E-state index contributed by atoms with van der Waals surface area (Å²) in [5.41, 5.74) is 0.885. The molecule has 1 aliphatic heterocycles. The Balaban J connectivity index is 1.65. The van der Waals surface area contributed by atoms with Crippen LogP contribution >= 0.6 is 0 Å². The third-order valence-corrected chi connectivity index (χ3v) is 4.03. The lowest BCUT2D eigenvalue weighted by Gasteiger charge is -2.22. The maximum Gasteiger partial charge on any atom is 0.260 e. The van der Waals surface area contributed by atoms with E-state index in [0.717, 1.165) is 30.8 Å². The number of rotatable bonds is 8. The molecule has 0 aliphatic carbocycles. The molecule has 0 saturated carbocycles. The van der Waals surface area contributed by atoms with Gasteiger partial charge in [-0.3, -0.25) is 9.69 Å². The van der Waals surface area contributed by atoms with Gasteiger partial charge in [0.1, 0.15) is 5.75 Å². The van der Waals surface area contributed by atoms with Crippen molar-refractivity contribution in [2.75, 3.05) is 33.4 Å². The van der Waals surface area contributed by atoms with Crippen molar-refractivity contribution >= 4 is 12.1 Å². The van der Waals surface area contributed by atoms with Crippen molar-refractivity contribution in [2.45, 2.75) is 25.8 Å². The topological polar surface area (TPSA) is 63.2 Å². The molecule has 1 aromatic rings. The Kier molecular flexibility index (Phi) is 6.87. The average molecular weight is 319 g/mol. The second kappa shape index (κ2) is 9.15. The van der Waals surface area contributed by atoms with Crippen LogP contribution < -0.4 is 10.1 Å². The zero-order chi connectivity index (χ0) is 16.5. The molecule has 1 saturated heterocycles. The molecule has 6 nitrogen and oxygen atoms in total. The lowest BCUT2D eigenvalue weighted by molar-refractivity contribution is -0.125. The van der Waals surface area contributed by atoms with E-state index in [4.69, 9.17) is 9.57 Å². The summed E-state index contributed by atoms with van der Waals surface area (Å²) in [6, 6.07) is 7.87. The molecule has 1 aliphatic rings. The van der Waals surface area contributed by atoms with Gasteiger partial charge in [0.15, 0.2) is 6.61 Å². The molecule has 1 fully saturated rings. The van der Waals surface area contributed by atoms with Gasteiger partial charge < -0.3 is 14.9 Å². The predicted octanol–water partition coefficient (Wildman–Crippen LogP) is 1.65. The van der Waals surface area contributed by atoms with Gasteiger partial charge in [0.05, 0.1) is 13.3 Å². The van der Waals surface area contributed by atoms with Gasteiger partial charge in [-0.1, -0.05) is 12.1 Å². The fourth-order valence-corrected chi connectivity index (χ4v) is 2.71. The van der Waals surface area contributed by atoms with Crippen LogP contribution in [0.2, 0.25) is 0 Å². The van der Waals surface area contributed by atoms with E-state index in [1.807, 2.05) is 24.3 Å². The van der Waals surface area contributed by atoms with Crippen LogP contribution in [0.3, 0.4) is 0 Å². The van der Waals surface area contributed by atoms with Crippen molar-refractivity contribution in [3.05, 3.63) is 29.8 Å². The molecule has 1 atom stereocenters. The smallest absolute Gasteiger partial charge is 0.260 e. The zero-order valence-corrected chi connectivity index (χ0v) is 13.8. The molecule has 0 aromatic heterocycles. The highest BCUT2D eigenvalue weighted by Gasteiger charge is 2.22. The third kappa shape index (κ3) is 5.56. The molecule has 23 heavy (non-hydrogen) atoms. The van der Waals surface area contributed by atoms with E-state index < -0.39 is 0 Å². The van der Waals surface area contributed by atoms with Gasteiger partial charge >= 0.3 is 0 Å². The number of methoxy groups -OCH3 is 1. The standard InChI is InChI=1S/C17H25N3O3/c1-3-20-10-4-5-15(20)12-18-17(21)13-23-19-11-14-6-8-16(22-2)9-7-14/h6-9,11,15H,3-5,10,12-13H2,1-2H3,(H,18,21)/b19-11+/t15-/m0/s1. The molecular formula is C17H25N3O3. The van der Waals surface area contributed by atoms with Crippen LogP contribution in [0.15, 0.2) is 29.4 Å². The minimum absolute atomic E-state index is 0.0640. The van der Waals surface area contributed by atoms with Gasteiger partial charge in [-0.05, 0) is 55.8 Å². The Bertz CT molecular complexity index is 516. The number of likely N-dealkylation sites (N-methyl/N-ethyl adjacent to an activating group) is 1. The molecule has 0 bridgehead atoms. The van der Waals surface area contributed by atoms with E-state index in [9.17, 15) is 4.79 Å². The lowest BCUT2D eigenvalue weighted by atomic mass is 10.2. The Labute approximate surface area is 137 Å². The number of likely N-dealkylation sites (tertiary alicyclic amines) is 1. The van der Waals surface area contributed by atoms with Gasteiger partial charge in [-0.15, -0.1) is 0 Å². The Morgan fingerprint density at radius 1 is 1.43 bits per heavy atom. The number of carbonyl (C=O) groups excluding carboxylic acids is 1. The summed E-state index contributed by atoms with van der Waals surface area (Å²) in [6.07, 6.45) is 3.92. The van der Waals surface area contributed by atoms with Gasteiger partial charge in [0, 0.05) is 12.6 Å². The van der Waals surface area contributed by atoms with Crippen molar-refractivity contribution in [3.63, 3.8) is 0 Å². The molecular weight excluding hydrogens is 294 g/mol. The van der Waals surface area contributed by atoms with Gasteiger partial charge in [-0.2, -0.15) is 0 Å². The van der Waals surface area contributed by atoms with Gasteiger partial charge in [-0.25, -0.2) is 0 Å². The summed E-state index contributed by atoms with van der Waals surface area (Å²) in [5, 5.41) is 6.72. The molecule has 6 heteroatoms. The highest BCUT2D eigenvalue weighted by atomic mass is 16.6. The number of ether oxygens (including phenoxy) is 1. The number of oxime groups is 1. The van der Waals surface area contributed by atoms with E-state index in [0.29, 0.717) is 12.6 Å². The Morgan fingerprint density at radius 3 is 2.91 bits per heavy atom. The van der Waals surface area contributed by atoms with Crippen molar-refractivity contribution in [1.82, 2.24) is 10.2 Å². The highest BCUT2D eigenvalue weighted by Crippen LogP contribution is 2.15. The van der Waals surface area contributed by atoms with Crippen LogP contribution in [-0.4, -0.2) is 56.4 Å². The summed E-state index contributed by atoms with van der Waals surface area (Å²) >= 11 is 0. The highest BCUT2D eigenvalue weighted by molar-refractivity contribution is 5.80. The van der Waals surface area contributed by atoms with Crippen molar-refractivity contribution in [3.8, 4) is 5.75 Å². The number of nitrogens with one attached hydrogen (secondary N) is 1. The number of hydrogen-bond acceptors (Lipinski definition) is 5. The molecule has 0 unspecified atom stereocenters. The molecule has 1 heterocycles. The number of nitrogens with zero attached hydrogens (tertiary/aromatic N) is 2. The summed E-state index contributed by atoms with van der Waals surface area (Å²) < 4.78 is 5.08. The van der Waals surface area contributed by atoms with Crippen LogP contribution in [0.5, 0.6) is 5.75 Å². The first kappa shape index (κ1) is 17.3. The minimum atomic E-state index is -0.139. The van der Waals surface area contributed by atoms with Gasteiger partial charge in [0.25, 0.3) is 5.91 Å². The van der Waals surface area contributed by atoms with E-state index >= 15 is 0 Å². The second-order valence-corrected chi connectivity index (χ2v) is 5.51. The quantitative estimate of drug-likeness (QED) is 0.584. The summed E-state index contributed by atoms with van der Waals surface area (Å²) in [5.74, 6) is 0.648. The monoisotopic (exact) mass is 319 g/mol.